The minimum atomic E-state index is -1.32. The number of aromatic hydroxyl groups is 1. The average molecular weight is 406 g/mol. The van der Waals surface area contributed by atoms with Crippen molar-refractivity contribution in [2.75, 3.05) is 7.11 Å². The molecule has 3 rings (SSSR count). The lowest BCUT2D eigenvalue weighted by Crippen LogP contribution is -2.18. The van der Waals surface area contributed by atoms with E-state index in [1.807, 2.05) is 0 Å². The molecule has 1 atom stereocenters. The van der Waals surface area contributed by atoms with Crippen LogP contribution in [0.25, 0.3) is 0 Å². The molecule has 3 N–H and O–H groups in total. The minimum absolute atomic E-state index is 0.00220. The highest BCUT2D eigenvalue weighted by Crippen LogP contribution is 2.30. The molecule has 0 spiro atoms. The molecule has 0 aliphatic rings. The van der Waals surface area contributed by atoms with Crippen LogP contribution in [0.5, 0.6) is 5.75 Å². The number of benzene rings is 2. The molecule has 1 heterocycles. The van der Waals surface area contributed by atoms with Gasteiger partial charge in [-0.25, -0.2) is 13.2 Å². The maximum absolute atomic E-state index is 14.1. The lowest BCUT2D eigenvalue weighted by molar-refractivity contribution is -0.140. The molecule has 0 aliphatic carbocycles. The number of phenols is 1. The van der Waals surface area contributed by atoms with Crippen LogP contribution in [0, 0.1) is 17.5 Å². The zero-order valence-corrected chi connectivity index (χ0v) is 15.3. The van der Waals surface area contributed by atoms with E-state index in [0.717, 1.165) is 6.07 Å². The van der Waals surface area contributed by atoms with Crippen LogP contribution >= 0.6 is 0 Å². The van der Waals surface area contributed by atoms with Crippen molar-refractivity contribution in [3.8, 4) is 5.75 Å². The first-order valence-electron chi connectivity index (χ1n) is 8.58. The molecule has 3 aromatic rings. The first kappa shape index (κ1) is 20.2. The van der Waals surface area contributed by atoms with Crippen molar-refractivity contribution in [3.63, 3.8) is 0 Å². The summed E-state index contributed by atoms with van der Waals surface area (Å²) in [7, 11) is 1.20. The summed E-state index contributed by atoms with van der Waals surface area (Å²) in [5.74, 6) is -4.87. The highest BCUT2D eigenvalue weighted by molar-refractivity contribution is 5.71. The molecular formula is C20H17F3N2O4. The SMILES string of the molecule is COC(=O)C[C@H](c1ccc(O)cc1)c1c(Cc2cc(F)c(F)cc2F)[nH][nH]c1=O. The summed E-state index contributed by atoms with van der Waals surface area (Å²) in [6.45, 7) is 0. The second kappa shape index (κ2) is 8.26. The van der Waals surface area contributed by atoms with Crippen molar-refractivity contribution >= 4 is 5.97 Å². The molecule has 0 saturated heterocycles. The summed E-state index contributed by atoms with van der Waals surface area (Å²) in [4.78, 5) is 24.4. The van der Waals surface area contributed by atoms with Gasteiger partial charge in [0.05, 0.1) is 13.5 Å². The first-order chi connectivity index (χ1) is 13.8. The number of ether oxygens (including phenoxy) is 1. The van der Waals surface area contributed by atoms with Crippen molar-refractivity contribution in [1.29, 1.82) is 0 Å². The molecule has 0 saturated carbocycles. The van der Waals surface area contributed by atoms with Crippen molar-refractivity contribution in [3.05, 3.63) is 86.6 Å². The molecule has 152 valence electrons. The number of halogens is 3. The fourth-order valence-corrected chi connectivity index (χ4v) is 3.14. The molecule has 0 aliphatic heterocycles. The van der Waals surface area contributed by atoms with E-state index in [9.17, 15) is 27.9 Å². The van der Waals surface area contributed by atoms with E-state index in [1.165, 1.54) is 31.4 Å². The maximum Gasteiger partial charge on any atom is 0.306 e. The van der Waals surface area contributed by atoms with E-state index in [0.29, 0.717) is 11.6 Å². The summed E-state index contributed by atoms with van der Waals surface area (Å²) in [6, 6.07) is 7.02. The van der Waals surface area contributed by atoms with Crippen LogP contribution in [0.2, 0.25) is 0 Å². The molecule has 1 aromatic heterocycles. The molecule has 0 unspecified atom stereocenters. The highest BCUT2D eigenvalue weighted by Gasteiger charge is 2.26. The fraction of sp³-hybridized carbons (Fsp3) is 0.200. The Morgan fingerprint density at radius 1 is 1.07 bits per heavy atom. The van der Waals surface area contributed by atoms with Gasteiger partial charge in [-0.15, -0.1) is 0 Å². The summed E-state index contributed by atoms with van der Waals surface area (Å²) >= 11 is 0. The van der Waals surface area contributed by atoms with Gasteiger partial charge in [-0.2, -0.15) is 0 Å². The number of carbonyl (C=O) groups is 1. The number of hydrogen-bond acceptors (Lipinski definition) is 4. The number of hydrogen-bond donors (Lipinski definition) is 3. The molecule has 2 aromatic carbocycles. The van der Waals surface area contributed by atoms with Crippen molar-refractivity contribution in [2.45, 2.75) is 18.8 Å². The Kier molecular flexibility index (Phi) is 5.76. The number of esters is 1. The maximum atomic E-state index is 14.1. The molecular weight excluding hydrogens is 389 g/mol. The van der Waals surface area contributed by atoms with E-state index < -0.39 is 34.9 Å². The number of phenolic OH excluding ortho intramolecular Hbond substituents is 1. The molecule has 0 fully saturated rings. The Balaban J connectivity index is 2.06. The minimum Gasteiger partial charge on any atom is -0.508 e. The number of methoxy groups -OCH3 is 1. The van der Waals surface area contributed by atoms with Crippen molar-refractivity contribution in [2.24, 2.45) is 0 Å². The standard InChI is InChI=1S/C20H17F3N2O4/c1-29-18(27)8-13(10-2-4-12(26)5-3-10)19-17(24-25-20(19)28)7-11-6-15(22)16(23)9-14(11)21/h2-6,9,13,26H,7-8H2,1H3,(H2,24,25,28)/t13-/m1/s1. The fourth-order valence-electron chi connectivity index (χ4n) is 3.14. The molecule has 0 radical (unpaired) electrons. The summed E-state index contributed by atoms with van der Waals surface area (Å²) in [5, 5.41) is 14.5. The third-order valence-corrected chi connectivity index (χ3v) is 4.60. The lowest BCUT2D eigenvalue weighted by Gasteiger charge is -2.16. The largest absolute Gasteiger partial charge is 0.508 e. The number of rotatable bonds is 6. The highest BCUT2D eigenvalue weighted by atomic mass is 19.2. The molecule has 6 nitrogen and oxygen atoms in total. The smallest absolute Gasteiger partial charge is 0.306 e. The Hall–Kier alpha value is -3.49. The molecule has 9 heteroatoms. The van der Waals surface area contributed by atoms with Crippen LogP contribution in [-0.4, -0.2) is 28.4 Å². The van der Waals surface area contributed by atoms with Crippen LogP contribution in [0.1, 0.15) is 34.7 Å². The lowest BCUT2D eigenvalue weighted by atomic mass is 9.87. The topological polar surface area (TPSA) is 95.2 Å². The predicted molar refractivity (Wildman–Crippen MR) is 97.1 cm³/mol. The molecule has 0 bridgehead atoms. The number of aromatic nitrogens is 2. The van der Waals surface area contributed by atoms with Gasteiger partial charge in [0.1, 0.15) is 11.6 Å². The van der Waals surface area contributed by atoms with Crippen LogP contribution < -0.4 is 5.56 Å². The van der Waals surface area contributed by atoms with Crippen LogP contribution in [0.4, 0.5) is 13.2 Å². The Bertz CT molecular complexity index is 1090. The summed E-state index contributed by atoms with van der Waals surface area (Å²) in [6.07, 6.45) is -0.442. The summed E-state index contributed by atoms with van der Waals surface area (Å²) in [5.41, 5.74) is 0.158. The summed E-state index contributed by atoms with van der Waals surface area (Å²) < 4.78 is 45.5. The van der Waals surface area contributed by atoms with Crippen LogP contribution in [-0.2, 0) is 16.0 Å². The van der Waals surface area contributed by atoms with E-state index in [1.54, 1.807) is 0 Å². The van der Waals surface area contributed by atoms with E-state index in [-0.39, 0.29) is 35.4 Å². The normalized spacial score (nSPS) is 12.0. The van der Waals surface area contributed by atoms with Crippen LogP contribution in [0.15, 0.2) is 41.2 Å². The Morgan fingerprint density at radius 2 is 1.72 bits per heavy atom. The van der Waals surface area contributed by atoms with Gasteiger partial charge in [0.2, 0.25) is 0 Å². The van der Waals surface area contributed by atoms with Crippen molar-refractivity contribution in [1.82, 2.24) is 10.2 Å². The van der Waals surface area contributed by atoms with E-state index >= 15 is 0 Å². The monoisotopic (exact) mass is 406 g/mol. The van der Waals surface area contributed by atoms with E-state index in [4.69, 9.17) is 4.74 Å². The van der Waals surface area contributed by atoms with E-state index in [2.05, 4.69) is 10.2 Å². The van der Waals surface area contributed by atoms with Gasteiger partial charge in [-0.05, 0) is 29.3 Å². The second-order valence-electron chi connectivity index (χ2n) is 6.43. The number of H-pyrrole nitrogens is 2. The molecule has 29 heavy (non-hydrogen) atoms. The quantitative estimate of drug-likeness (QED) is 0.433. The van der Waals surface area contributed by atoms with Gasteiger partial charge in [-0.1, -0.05) is 12.1 Å². The third kappa shape index (κ3) is 4.34. The zero-order chi connectivity index (χ0) is 21.1. The molecule has 0 amide bonds. The zero-order valence-electron chi connectivity index (χ0n) is 15.3. The van der Waals surface area contributed by atoms with Crippen LogP contribution in [0.3, 0.4) is 0 Å². The first-order valence-corrected chi connectivity index (χ1v) is 8.58. The number of nitrogens with one attached hydrogen (secondary N) is 2. The number of aromatic amines is 2. The van der Waals surface area contributed by atoms with Gasteiger partial charge in [0, 0.05) is 29.7 Å². The number of carbonyl (C=O) groups excluding carboxylic acids is 1. The second-order valence-corrected chi connectivity index (χ2v) is 6.43. The van der Waals surface area contributed by atoms with Gasteiger partial charge in [0.15, 0.2) is 11.6 Å². The average Bonchev–Trinajstić information content (AvgIpc) is 3.04. The Labute approximate surface area is 162 Å². The van der Waals surface area contributed by atoms with Gasteiger partial charge in [-0.3, -0.25) is 14.7 Å². The third-order valence-electron chi connectivity index (χ3n) is 4.60. The Morgan fingerprint density at radius 3 is 2.38 bits per heavy atom. The van der Waals surface area contributed by atoms with Gasteiger partial charge >= 0.3 is 5.97 Å². The van der Waals surface area contributed by atoms with Crippen molar-refractivity contribution < 1.29 is 27.8 Å². The predicted octanol–water partition coefficient (Wildman–Crippen LogP) is 3.11. The van der Waals surface area contributed by atoms with Gasteiger partial charge in [0.25, 0.3) is 5.56 Å². The van der Waals surface area contributed by atoms with Gasteiger partial charge < -0.3 is 14.9 Å².